The number of aromatic amines is 1. The molecule has 0 aliphatic heterocycles. The molecule has 0 aliphatic rings. The second kappa shape index (κ2) is 5.07. The third kappa shape index (κ3) is 2.24. The second-order valence-corrected chi connectivity index (χ2v) is 5.09. The van der Waals surface area contributed by atoms with Crippen LogP contribution in [-0.4, -0.2) is 15.0 Å². The van der Waals surface area contributed by atoms with Crippen molar-refractivity contribution < 1.29 is 4.39 Å². The first kappa shape index (κ1) is 12.7. The fraction of sp³-hybridized carbons (Fsp3) is 0. The van der Waals surface area contributed by atoms with E-state index in [9.17, 15) is 4.39 Å². The summed E-state index contributed by atoms with van der Waals surface area (Å²) in [4.78, 5) is 11.0. The van der Waals surface area contributed by atoms with Crippen LogP contribution >= 0.6 is 0 Å². The van der Waals surface area contributed by atoms with Crippen LogP contribution < -0.4 is 0 Å². The number of nitrogens with zero attached hydrogens (tertiary/aromatic N) is 2. The molecule has 4 heteroatoms. The SMILES string of the molecule is Fc1cc(-c2ccc(-c3cc4ccncc4[nH]3)cc2)ccn1. The Kier molecular flexibility index (Phi) is 2.93. The zero-order valence-corrected chi connectivity index (χ0v) is 11.6. The van der Waals surface area contributed by atoms with Crippen LogP contribution in [0, 0.1) is 5.95 Å². The highest BCUT2D eigenvalue weighted by molar-refractivity contribution is 5.85. The van der Waals surface area contributed by atoms with Gasteiger partial charge in [-0.05, 0) is 34.9 Å². The van der Waals surface area contributed by atoms with E-state index >= 15 is 0 Å². The molecule has 0 aliphatic carbocycles. The molecule has 0 amide bonds. The number of hydrogen-bond donors (Lipinski definition) is 1. The number of pyridine rings is 2. The Balaban J connectivity index is 1.72. The predicted octanol–water partition coefficient (Wildman–Crippen LogP) is 4.43. The van der Waals surface area contributed by atoms with Gasteiger partial charge in [0.05, 0.1) is 11.7 Å². The lowest BCUT2D eigenvalue weighted by Crippen LogP contribution is -1.84. The average Bonchev–Trinajstić information content (AvgIpc) is 2.99. The zero-order chi connectivity index (χ0) is 14.9. The Hall–Kier alpha value is -3.01. The summed E-state index contributed by atoms with van der Waals surface area (Å²) in [6.07, 6.45) is 5.07. The predicted molar refractivity (Wildman–Crippen MR) is 84.7 cm³/mol. The maximum atomic E-state index is 13.2. The molecule has 0 atom stereocenters. The van der Waals surface area contributed by atoms with Crippen molar-refractivity contribution in [2.45, 2.75) is 0 Å². The Labute approximate surface area is 126 Å². The van der Waals surface area contributed by atoms with Crippen molar-refractivity contribution in [2.24, 2.45) is 0 Å². The van der Waals surface area contributed by atoms with Crippen molar-refractivity contribution >= 4 is 10.9 Å². The normalized spacial score (nSPS) is 11.0. The first-order valence-electron chi connectivity index (χ1n) is 6.95. The van der Waals surface area contributed by atoms with Gasteiger partial charge in [0.1, 0.15) is 0 Å². The molecule has 3 nitrogen and oxygen atoms in total. The van der Waals surface area contributed by atoms with Crippen LogP contribution in [0.5, 0.6) is 0 Å². The van der Waals surface area contributed by atoms with Crippen LogP contribution in [0.4, 0.5) is 4.39 Å². The van der Waals surface area contributed by atoms with Gasteiger partial charge in [0, 0.05) is 29.5 Å². The number of H-pyrrole nitrogens is 1. The van der Waals surface area contributed by atoms with Crippen LogP contribution in [0.15, 0.2) is 67.1 Å². The van der Waals surface area contributed by atoms with Gasteiger partial charge in [-0.25, -0.2) is 4.98 Å². The van der Waals surface area contributed by atoms with Crippen molar-refractivity contribution in [3.8, 4) is 22.4 Å². The summed E-state index contributed by atoms with van der Waals surface area (Å²) in [6.45, 7) is 0. The van der Waals surface area contributed by atoms with Gasteiger partial charge < -0.3 is 4.98 Å². The van der Waals surface area contributed by atoms with E-state index in [-0.39, 0.29) is 0 Å². The van der Waals surface area contributed by atoms with E-state index in [0.717, 1.165) is 33.3 Å². The van der Waals surface area contributed by atoms with Gasteiger partial charge in [-0.15, -0.1) is 0 Å². The van der Waals surface area contributed by atoms with Crippen LogP contribution in [0.2, 0.25) is 0 Å². The lowest BCUT2D eigenvalue weighted by molar-refractivity contribution is 0.584. The van der Waals surface area contributed by atoms with Gasteiger partial charge in [0.15, 0.2) is 0 Å². The zero-order valence-electron chi connectivity index (χ0n) is 11.6. The molecule has 3 heterocycles. The largest absolute Gasteiger partial charge is 0.353 e. The molecule has 106 valence electrons. The molecule has 0 spiro atoms. The van der Waals surface area contributed by atoms with Crippen LogP contribution in [0.1, 0.15) is 0 Å². The molecule has 0 fully saturated rings. The minimum Gasteiger partial charge on any atom is -0.353 e. The number of hydrogen-bond acceptors (Lipinski definition) is 2. The topological polar surface area (TPSA) is 41.6 Å². The molecule has 1 aromatic carbocycles. The highest BCUT2D eigenvalue weighted by Crippen LogP contribution is 2.26. The molecule has 0 bridgehead atoms. The van der Waals surface area contributed by atoms with E-state index in [1.165, 1.54) is 12.3 Å². The van der Waals surface area contributed by atoms with Gasteiger partial charge in [-0.1, -0.05) is 24.3 Å². The minimum atomic E-state index is -0.468. The van der Waals surface area contributed by atoms with Crippen molar-refractivity contribution in [2.75, 3.05) is 0 Å². The first-order valence-corrected chi connectivity index (χ1v) is 6.95. The van der Waals surface area contributed by atoms with E-state index in [2.05, 4.69) is 21.0 Å². The summed E-state index contributed by atoms with van der Waals surface area (Å²) in [5.74, 6) is -0.468. The van der Waals surface area contributed by atoms with Gasteiger partial charge in [0.25, 0.3) is 0 Å². The third-order valence-corrected chi connectivity index (χ3v) is 3.68. The maximum Gasteiger partial charge on any atom is 0.213 e. The standard InChI is InChI=1S/C18H12FN3/c19-18-10-14(6-8-21-18)12-1-3-13(4-2-12)16-9-15-5-7-20-11-17(15)22-16/h1-11,22H. The van der Waals surface area contributed by atoms with Crippen molar-refractivity contribution in [3.63, 3.8) is 0 Å². The van der Waals surface area contributed by atoms with E-state index in [0.29, 0.717) is 0 Å². The summed E-state index contributed by atoms with van der Waals surface area (Å²) in [5, 5.41) is 1.13. The second-order valence-electron chi connectivity index (χ2n) is 5.09. The maximum absolute atomic E-state index is 13.2. The van der Waals surface area contributed by atoms with Crippen LogP contribution in [0.3, 0.4) is 0 Å². The van der Waals surface area contributed by atoms with Gasteiger partial charge >= 0.3 is 0 Å². The van der Waals surface area contributed by atoms with Gasteiger partial charge in [-0.2, -0.15) is 4.39 Å². The summed E-state index contributed by atoms with van der Waals surface area (Å²) < 4.78 is 13.2. The quantitative estimate of drug-likeness (QED) is 0.555. The molecule has 0 saturated heterocycles. The first-order chi connectivity index (χ1) is 10.8. The van der Waals surface area contributed by atoms with Crippen LogP contribution in [-0.2, 0) is 0 Å². The third-order valence-electron chi connectivity index (χ3n) is 3.68. The minimum absolute atomic E-state index is 0.468. The van der Waals surface area contributed by atoms with Gasteiger partial charge in [0.2, 0.25) is 5.95 Å². The number of nitrogens with one attached hydrogen (secondary N) is 1. The Morgan fingerprint density at radius 2 is 1.64 bits per heavy atom. The molecule has 3 aromatic heterocycles. The fourth-order valence-electron chi connectivity index (χ4n) is 2.55. The van der Waals surface area contributed by atoms with Crippen LogP contribution in [0.25, 0.3) is 33.3 Å². The van der Waals surface area contributed by atoms with E-state index in [4.69, 9.17) is 0 Å². The Bertz CT molecular complexity index is 909. The van der Waals surface area contributed by atoms with E-state index < -0.39 is 5.95 Å². The lowest BCUT2D eigenvalue weighted by Gasteiger charge is -2.03. The molecular formula is C18H12FN3. The number of fused-ring (bicyclic) bond motifs is 1. The molecule has 4 rings (SSSR count). The summed E-state index contributed by atoms with van der Waals surface area (Å²) in [7, 11) is 0. The Morgan fingerprint density at radius 3 is 2.41 bits per heavy atom. The summed E-state index contributed by atoms with van der Waals surface area (Å²) in [6, 6.07) is 15.3. The molecule has 22 heavy (non-hydrogen) atoms. The van der Waals surface area contributed by atoms with Crippen molar-refractivity contribution in [3.05, 3.63) is 73.1 Å². The van der Waals surface area contributed by atoms with Crippen molar-refractivity contribution in [1.29, 1.82) is 0 Å². The number of aromatic nitrogens is 3. The number of halogens is 1. The monoisotopic (exact) mass is 289 g/mol. The van der Waals surface area contributed by atoms with Crippen molar-refractivity contribution in [1.82, 2.24) is 15.0 Å². The highest BCUT2D eigenvalue weighted by Gasteiger charge is 2.05. The summed E-state index contributed by atoms with van der Waals surface area (Å²) >= 11 is 0. The molecule has 1 N–H and O–H groups in total. The molecular weight excluding hydrogens is 277 g/mol. The molecule has 0 unspecified atom stereocenters. The Morgan fingerprint density at radius 1 is 0.818 bits per heavy atom. The lowest BCUT2D eigenvalue weighted by atomic mass is 10.0. The van der Waals surface area contributed by atoms with Gasteiger partial charge in [-0.3, -0.25) is 4.98 Å². The van der Waals surface area contributed by atoms with E-state index in [1.807, 2.05) is 36.5 Å². The number of rotatable bonds is 2. The molecule has 0 radical (unpaired) electrons. The smallest absolute Gasteiger partial charge is 0.213 e. The fourth-order valence-corrected chi connectivity index (χ4v) is 2.55. The molecule has 4 aromatic rings. The summed E-state index contributed by atoms with van der Waals surface area (Å²) in [5.41, 5.74) is 4.91. The number of benzene rings is 1. The highest BCUT2D eigenvalue weighted by atomic mass is 19.1. The molecule has 0 saturated carbocycles. The van der Waals surface area contributed by atoms with E-state index in [1.54, 1.807) is 12.3 Å². The average molecular weight is 289 g/mol.